The lowest BCUT2D eigenvalue weighted by atomic mass is 10.0. The summed E-state index contributed by atoms with van der Waals surface area (Å²) in [5, 5.41) is 7.17. The lowest BCUT2D eigenvalue weighted by Gasteiger charge is -2.19. The molecule has 0 fully saturated rings. The molecule has 1 heterocycles. The molecule has 6 nitrogen and oxygen atoms in total. The van der Waals surface area contributed by atoms with Crippen molar-refractivity contribution in [2.75, 3.05) is 12.4 Å². The van der Waals surface area contributed by atoms with Crippen molar-refractivity contribution in [1.29, 1.82) is 0 Å². The summed E-state index contributed by atoms with van der Waals surface area (Å²) in [6.45, 7) is 3.57. The van der Waals surface area contributed by atoms with Crippen LogP contribution in [0.2, 0.25) is 0 Å². The molecule has 0 saturated heterocycles. The summed E-state index contributed by atoms with van der Waals surface area (Å²) < 4.78 is 21.0. The average molecular weight is 443 g/mol. The number of ether oxygens (including phenoxy) is 1. The van der Waals surface area contributed by atoms with Crippen LogP contribution < -0.4 is 15.5 Å². The molecule has 0 bridgehead atoms. The van der Waals surface area contributed by atoms with Crippen LogP contribution in [0.3, 0.4) is 0 Å². The maximum Gasteiger partial charge on any atom is 0.259 e. The minimum atomic E-state index is -0.686. The zero-order valence-corrected chi connectivity index (χ0v) is 18.4. The van der Waals surface area contributed by atoms with Gasteiger partial charge >= 0.3 is 0 Å². The molecule has 0 aliphatic carbocycles. The predicted octanol–water partition coefficient (Wildman–Crippen LogP) is 4.92. The van der Waals surface area contributed by atoms with Gasteiger partial charge in [0.1, 0.15) is 23.1 Å². The molecule has 4 aromatic rings. The van der Waals surface area contributed by atoms with Crippen molar-refractivity contribution in [2.45, 2.75) is 13.8 Å². The molecule has 4 rings (SSSR count). The number of aromatic nitrogens is 2. The quantitative estimate of drug-likeness (QED) is 0.475. The first kappa shape index (κ1) is 22.0. The van der Waals surface area contributed by atoms with E-state index in [9.17, 15) is 14.0 Å². The van der Waals surface area contributed by atoms with E-state index in [0.29, 0.717) is 17.0 Å². The number of hydrogen-bond donors (Lipinski definition) is 1. The highest BCUT2D eigenvalue weighted by Crippen LogP contribution is 2.29. The summed E-state index contributed by atoms with van der Waals surface area (Å²) in [4.78, 5) is 26.3. The number of amides is 1. The number of rotatable bonds is 5. The first-order valence-electron chi connectivity index (χ1n) is 10.3. The predicted molar refractivity (Wildman–Crippen MR) is 126 cm³/mol. The van der Waals surface area contributed by atoms with Gasteiger partial charge in [-0.25, -0.2) is 9.07 Å². The van der Waals surface area contributed by atoms with Gasteiger partial charge in [-0.3, -0.25) is 9.59 Å². The molecule has 7 heteroatoms. The number of methoxy groups -OCH3 is 1. The maximum absolute atomic E-state index is 14.3. The second-order valence-electron chi connectivity index (χ2n) is 7.55. The monoisotopic (exact) mass is 443 g/mol. The number of nitrogens with zero attached hydrogens (tertiary/aromatic N) is 2. The fourth-order valence-electron chi connectivity index (χ4n) is 3.47. The molecule has 0 spiro atoms. The van der Waals surface area contributed by atoms with Crippen molar-refractivity contribution in [3.05, 3.63) is 106 Å². The summed E-state index contributed by atoms with van der Waals surface area (Å²) in [6.07, 6.45) is 0. The standard InChI is InChI=1S/C26H22FN3O3/c1-16-8-12-19(13-9-16)30-25(28-26(32)21-6-4-5-7-22(21)27)23(24(31)17(2)29-30)18-10-14-20(33-3)15-11-18/h4-15H,1-3H3,(H,28,32). The van der Waals surface area contributed by atoms with Crippen molar-refractivity contribution in [2.24, 2.45) is 0 Å². The van der Waals surface area contributed by atoms with Gasteiger partial charge < -0.3 is 10.1 Å². The molecule has 0 saturated carbocycles. The number of halogens is 1. The highest BCUT2D eigenvalue weighted by atomic mass is 19.1. The second-order valence-corrected chi connectivity index (χ2v) is 7.55. The van der Waals surface area contributed by atoms with Crippen LogP contribution >= 0.6 is 0 Å². The van der Waals surface area contributed by atoms with Gasteiger partial charge in [-0.2, -0.15) is 5.10 Å². The Bertz CT molecular complexity index is 1380. The minimum Gasteiger partial charge on any atom is -0.497 e. The van der Waals surface area contributed by atoms with Crippen molar-refractivity contribution in [3.63, 3.8) is 0 Å². The molecule has 0 unspecified atom stereocenters. The molecule has 166 valence electrons. The van der Waals surface area contributed by atoms with Crippen LogP contribution in [0.25, 0.3) is 16.8 Å². The highest BCUT2D eigenvalue weighted by molar-refractivity contribution is 6.06. The van der Waals surface area contributed by atoms with E-state index < -0.39 is 11.7 Å². The number of anilines is 1. The zero-order valence-electron chi connectivity index (χ0n) is 18.4. The number of carbonyl (C=O) groups excluding carboxylic acids is 1. The molecule has 0 atom stereocenters. The lowest BCUT2D eigenvalue weighted by molar-refractivity contribution is 0.102. The molecular formula is C26H22FN3O3. The fraction of sp³-hybridized carbons (Fsp3) is 0.115. The smallest absolute Gasteiger partial charge is 0.259 e. The van der Waals surface area contributed by atoms with Crippen LogP contribution in [0, 0.1) is 19.7 Å². The Morgan fingerprint density at radius 1 is 0.970 bits per heavy atom. The first-order chi connectivity index (χ1) is 15.9. The van der Waals surface area contributed by atoms with Gasteiger partial charge in [0.25, 0.3) is 5.91 Å². The Hall–Kier alpha value is -4.26. The van der Waals surface area contributed by atoms with E-state index >= 15 is 0 Å². The largest absolute Gasteiger partial charge is 0.497 e. The Morgan fingerprint density at radius 2 is 1.64 bits per heavy atom. The first-order valence-corrected chi connectivity index (χ1v) is 10.3. The molecule has 3 aromatic carbocycles. The number of hydrogen-bond acceptors (Lipinski definition) is 4. The number of aryl methyl sites for hydroxylation is 2. The third kappa shape index (κ3) is 4.39. The molecule has 1 amide bonds. The van der Waals surface area contributed by atoms with Gasteiger partial charge in [0.05, 0.1) is 23.9 Å². The van der Waals surface area contributed by atoms with Gasteiger partial charge in [0.2, 0.25) is 5.43 Å². The molecule has 0 radical (unpaired) electrons. The molecule has 1 N–H and O–H groups in total. The third-order valence-corrected chi connectivity index (χ3v) is 5.26. The Labute approximate surface area is 190 Å². The van der Waals surface area contributed by atoms with Gasteiger partial charge in [-0.15, -0.1) is 0 Å². The maximum atomic E-state index is 14.3. The molecular weight excluding hydrogens is 421 g/mol. The summed E-state index contributed by atoms with van der Waals surface area (Å²) in [6, 6.07) is 20.1. The van der Waals surface area contributed by atoms with Crippen LogP contribution in [0.5, 0.6) is 5.75 Å². The van der Waals surface area contributed by atoms with Crippen LogP contribution in [0.4, 0.5) is 10.2 Å². The molecule has 33 heavy (non-hydrogen) atoms. The van der Waals surface area contributed by atoms with Gasteiger partial charge in [-0.05, 0) is 55.8 Å². The van der Waals surface area contributed by atoms with Crippen LogP contribution in [0.15, 0.2) is 77.6 Å². The zero-order chi connectivity index (χ0) is 23.5. The SMILES string of the molecule is COc1ccc(-c2c(NC(=O)c3ccccc3F)n(-c3ccc(C)cc3)nc(C)c2=O)cc1. The number of carbonyl (C=O) groups is 1. The fourth-order valence-corrected chi connectivity index (χ4v) is 3.47. The highest BCUT2D eigenvalue weighted by Gasteiger charge is 2.22. The van der Waals surface area contributed by atoms with Crippen molar-refractivity contribution in [1.82, 2.24) is 9.78 Å². The van der Waals surface area contributed by atoms with Crippen LogP contribution in [0.1, 0.15) is 21.6 Å². The third-order valence-electron chi connectivity index (χ3n) is 5.26. The van der Waals surface area contributed by atoms with Crippen molar-refractivity contribution >= 4 is 11.7 Å². The Balaban J connectivity index is 1.96. The number of benzene rings is 3. The Morgan fingerprint density at radius 3 is 2.27 bits per heavy atom. The molecule has 1 aromatic heterocycles. The van der Waals surface area contributed by atoms with E-state index in [2.05, 4.69) is 10.4 Å². The van der Waals surface area contributed by atoms with E-state index in [4.69, 9.17) is 4.74 Å². The molecule has 0 aliphatic rings. The van der Waals surface area contributed by atoms with Crippen molar-refractivity contribution in [3.8, 4) is 22.6 Å². The lowest BCUT2D eigenvalue weighted by Crippen LogP contribution is -2.25. The van der Waals surface area contributed by atoms with E-state index in [1.807, 2.05) is 31.2 Å². The van der Waals surface area contributed by atoms with E-state index in [-0.39, 0.29) is 28.1 Å². The van der Waals surface area contributed by atoms with Crippen molar-refractivity contribution < 1.29 is 13.9 Å². The van der Waals surface area contributed by atoms with Gasteiger partial charge in [0, 0.05) is 0 Å². The summed E-state index contributed by atoms with van der Waals surface area (Å²) >= 11 is 0. The van der Waals surface area contributed by atoms with E-state index in [1.54, 1.807) is 44.4 Å². The van der Waals surface area contributed by atoms with E-state index in [0.717, 1.165) is 5.56 Å². The van der Waals surface area contributed by atoms with E-state index in [1.165, 1.54) is 22.9 Å². The summed E-state index contributed by atoms with van der Waals surface area (Å²) in [7, 11) is 1.55. The normalized spacial score (nSPS) is 10.7. The Kier molecular flexibility index (Phi) is 6.04. The number of nitrogens with one attached hydrogen (secondary N) is 1. The summed E-state index contributed by atoms with van der Waals surface area (Å²) in [5.74, 6) is -0.577. The van der Waals surface area contributed by atoms with Crippen LogP contribution in [-0.4, -0.2) is 22.8 Å². The topological polar surface area (TPSA) is 73.2 Å². The summed E-state index contributed by atoms with van der Waals surface area (Å²) in [5.41, 5.74) is 2.27. The minimum absolute atomic E-state index is 0.137. The van der Waals surface area contributed by atoms with Crippen LogP contribution in [-0.2, 0) is 0 Å². The van der Waals surface area contributed by atoms with Gasteiger partial charge in [0.15, 0.2) is 0 Å². The van der Waals surface area contributed by atoms with Gasteiger partial charge in [-0.1, -0.05) is 42.0 Å². The molecule has 0 aliphatic heterocycles. The second kappa shape index (κ2) is 9.08. The average Bonchev–Trinajstić information content (AvgIpc) is 2.82.